The van der Waals surface area contributed by atoms with Crippen molar-refractivity contribution in [2.45, 2.75) is 32.4 Å². The Kier molecular flexibility index (Phi) is 5.20. The number of anilines is 1. The van der Waals surface area contributed by atoms with Crippen LogP contribution in [-0.2, 0) is 23.3 Å². The highest BCUT2D eigenvalue weighted by Gasteiger charge is 2.44. The highest BCUT2D eigenvalue weighted by atomic mass is 19.1. The summed E-state index contributed by atoms with van der Waals surface area (Å²) >= 11 is 0. The maximum absolute atomic E-state index is 13.7. The Morgan fingerprint density at radius 3 is 2.47 bits per heavy atom. The van der Waals surface area contributed by atoms with Crippen molar-refractivity contribution in [2.24, 2.45) is 0 Å². The number of hydrogen-bond donors (Lipinski definition) is 1. The molecule has 34 heavy (non-hydrogen) atoms. The third kappa shape index (κ3) is 3.83. The molecule has 3 aromatic carbocycles. The minimum absolute atomic E-state index is 0.00595. The molecule has 1 aliphatic rings. The molecule has 4 aromatic rings. The van der Waals surface area contributed by atoms with Gasteiger partial charge in [-0.1, -0.05) is 24.3 Å². The van der Waals surface area contributed by atoms with E-state index < -0.39 is 17.0 Å². The van der Waals surface area contributed by atoms with Crippen molar-refractivity contribution in [2.75, 3.05) is 4.90 Å². The van der Waals surface area contributed by atoms with Gasteiger partial charge >= 0.3 is 0 Å². The van der Waals surface area contributed by atoms with Crippen LogP contribution in [0.1, 0.15) is 41.1 Å². The number of nitrogens with zero attached hydrogens (tertiary/aromatic N) is 1. The van der Waals surface area contributed by atoms with Crippen LogP contribution in [0.15, 0.2) is 71.1 Å². The van der Waals surface area contributed by atoms with Crippen molar-refractivity contribution in [1.82, 2.24) is 5.32 Å². The Morgan fingerprint density at radius 2 is 1.74 bits per heavy atom. The van der Waals surface area contributed by atoms with Gasteiger partial charge in [-0.15, -0.1) is 0 Å². The van der Waals surface area contributed by atoms with Crippen molar-refractivity contribution >= 4 is 28.5 Å². The van der Waals surface area contributed by atoms with E-state index in [1.54, 1.807) is 32.0 Å². The normalized spacial score (nSPS) is 14.5. The maximum Gasteiger partial charge on any atom is 0.251 e. The molecule has 0 unspecified atom stereocenters. The quantitative estimate of drug-likeness (QED) is 0.430. The zero-order valence-electron chi connectivity index (χ0n) is 18.7. The van der Waals surface area contributed by atoms with E-state index >= 15 is 0 Å². The minimum Gasteiger partial charge on any atom is -0.459 e. The number of benzene rings is 3. The van der Waals surface area contributed by atoms with Gasteiger partial charge in [-0.05, 0) is 61.4 Å². The summed E-state index contributed by atoms with van der Waals surface area (Å²) in [7, 11) is 0. The fourth-order valence-electron chi connectivity index (χ4n) is 4.42. The van der Waals surface area contributed by atoms with E-state index in [0.29, 0.717) is 22.6 Å². The van der Waals surface area contributed by atoms with Crippen LogP contribution in [0, 0.1) is 11.6 Å². The van der Waals surface area contributed by atoms with Gasteiger partial charge in [-0.3, -0.25) is 9.59 Å². The molecule has 0 saturated carbocycles. The van der Waals surface area contributed by atoms with Gasteiger partial charge in [-0.2, -0.15) is 0 Å². The predicted octanol–water partition coefficient (Wildman–Crippen LogP) is 5.47. The predicted molar refractivity (Wildman–Crippen MR) is 124 cm³/mol. The first-order valence-electron chi connectivity index (χ1n) is 10.9. The maximum atomic E-state index is 13.7. The second-order valence-corrected chi connectivity index (χ2v) is 8.96. The number of para-hydroxylation sites is 1. The van der Waals surface area contributed by atoms with Gasteiger partial charge < -0.3 is 14.6 Å². The number of halogens is 2. The number of fused-ring (bicyclic) bond motifs is 2. The van der Waals surface area contributed by atoms with E-state index in [-0.39, 0.29) is 24.9 Å². The van der Waals surface area contributed by atoms with Crippen molar-refractivity contribution in [3.05, 3.63) is 101 Å². The number of nitrogens with one attached hydrogen (secondary N) is 1. The molecule has 0 atom stereocenters. The number of hydrogen-bond acceptors (Lipinski definition) is 3. The molecule has 2 amide bonds. The molecule has 0 spiro atoms. The average molecular weight is 460 g/mol. The average Bonchev–Trinajstić information content (AvgIpc) is 3.29. The van der Waals surface area contributed by atoms with Gasteiger partial charge in [0.1, 0.15) is 23.0 Å². The molecular formula is C27H22F2N2O3. The standard InChI is InChI=1S/C27H22F2N2O3/c1-27(2)22-8-7-18(25(32)30-14-21-11-17-5-3-4-6-24(17)34-21)12-23(22)31(26(27)33)15-16-9-19(28)13-20(29)10-16/h3-13H,14-15H2,1-2H3,(H,30,32). The lowest BCUT2D eigenvalue weighted by Crippen LogP contribution is -2.35. The lowest BCUT2D eigenvalue weighted by Gasteiger charge is -2.20. The summed E-state index contributed by atoms with van der Waals surface area (Å²) in [4.78, 5) is 27.5. The van der Waals surface area contributed by atoms with Gasteiger partial charge in [0.25, 0.3) is 5.91 Å². The van der Waals surface area contributed by atoms with E-state index in [2.05, 4.69) is 5.32 Å². The Balaban J connectivity index is 1.40. The van der Waals surface area contributed by atoms with Gasteiger partial charge in [0, 0.05) is 22.7 Å². The lowest BCUT2D eigenvalue weighted by molar-refractivity contribution is -0.122. The number of furan rings is 1. The molecule has 0 bridgehead atoms. The molecule has 1 aromatic heterocycles. The fourth-order valence-corrected chi connectivity index (χ4v) is 4.42. The van der Waals surface area contributed by atoms with Crippen molar-refractivity contribution in [3.63, 3.8) is 0 Å². The van der Waals surface area contributed by atoms with Crippen LogP contribution in [-0.4, -0.2) is 11.8 Å². The summed E-state index contributed by atoms with van der Waals surface area (Å²) < 4.78 is 33.2. The summed E-state index contributed by atoms with van der Waals surface area (Å²) in [5.41, 5.74) is 1.92. The summed E-state index contributed by atoms with van der Waals surface area (Å²) in [6.07, 6.45) is 0. The van der Waals surface area contributed by atoms with E-state index in [4.69, 9.17) is 4.42 Å². The number of rotatable bonds is 5. The molecule has 1 N–H and O–H groups in total. The van der Waals surface area contributed by atoms with Gasteiger partial charge in [0.2, 0.25) is 5.91 Å². The van der Waals surface area contributed by atoms with Gasteiger partial charge in [-0.25, -0.2) is 8.78 Å². The van der Waals surface area contributed by atoms with Crippen LogP contribution >= 0.6 is 0 Å². The topological polar surface area (TPSA) is 62.6 Å². The van der Waals surface area contributed by atoms with Crippen molar-refractivity contribution < 1.29 is 22.8 Å². The first-order valence-corrected chi connectivity index (χ1v) is 10.9. The van der Waals surface area contributed by atoms with Crippen LogP contribution < -0.4 is 10.2 Å². The monoisotopic (exact) mass is 460 g/mol. The highest BCUT2D eigenvalue weighted by molar-refractivity contribution is 6.09. The van der Waals surface area contributed by atoms with Gasteiger partial charge in [0.05, 0.1) is 18.5 Å². The molecule has 0 aliphatic carbocycles. The Bertz CT molecular complexity index is 1390. The molecule has 5 rings (SSSR count). The Hall–Kier alpha value is -4.00. The summed E-state index contributed by atoms with van der Waals surface area (Å²) in [6.45, 7) is 3.79. The number of carbonyl (C=O) groups excluding carboxylic acids is 2. The van der Waals surface area contributed by atoms with Crippen molar-refractivity contribution in [3.8, 4) is 0 Å². The molecule has 1 aliphatic heterocycles. The van der Waals surface area contributed by atoms with Crippen molar-refractivity contribution in [1.29, 1.82) is 0 Å². The lowest BCUT2D eigenvalue weighted by atomic mass is 9.86. The second-order valence-electron chi connectivity index (χ2n) is 8.96. The van der Waals surface area contributed by atoms with Crippen LogP contribution in [0.2, 0.25) is 0 Å². The summed E-state index contributed by atoms with van der Waals surface area (Å²) in [5.74, 6) is -1.31. The van der Waals surface area contributed by atoms with Crippen LogP contribution in [0.4, 0.5) is 14.5 Å². The molecular weight excluding hydrogens is 438 g/mol. The molecule has 0 radical (unpaired) electrons. The molecule has 172 valence electrons. The second kappa shape index (κ2) is 8.09. The fraction of sp³-hybridized carbons (Fsp3) is 0.185. The van der Waals surface area contributed by atoms with Gasteiger partial charge in [0.15, 0.2) is 0 Å². The summed E-state index contributed by atoms with van der Waals surface area (Å²) in [5, 5.41) is 3.80. The summed E-state index contributed by atoms with van der Waals surface area (Å²) in [6, 6.07) is 17.7. The molecule has 0 fully saturated rings. The molecule has 0 saturated heterocycles. The third-order valence-electron chi connectivity index (χ3n) is 6.17. The molecule has 2 heterocycles. The highest BCUT2D eigenvalue weighted by Crippen LogP contribution is 2.42. The largest absolute Gasteiger partial charge is 0.459 e. The first-order chi connectivity index (χ1) is 16.2. The van der Waals surface area contributed by atoms with Crippen LogP contribution in [0.3, 0.4) is 0 Å². The van der Waals surface area contributed by atoms with E-state index in [1.807, 2.05) is 30.3 Å². The molecule has 5 nitrogen and oxygen atoms in total. The zero-order valence-corrected chi connectivity index (χ0v) is 18.7. The Morgan fingerprint density at radius 1 is 1.00 bits per heavy atom. The smallest absolute Gasteiger partial charge is 0.251 e. The third-order valence-corrected chi connectivity index (χ3v) is 6.17. The molecule has 7 heteroatoms. The SMILES string of the molecule is CC1(C)C(=O)N(Cc2cc(F)cc(F)c2)c2cc(C(=O)NCc3cc4ccccc4o3)ccc21. The first kappa shape index (κ1) is 21.8. The Labute approximate surface area is 195 Å². The number of carbonyl (C=O) groups is 2. The van der Waals surface area contributed by atoms with E-state index in [9.17, 15) is 18.4 Å². The van der Waals surface area contributed by atoms with Crippen LogP contribution in [0.25, 0.3) is 11.0 Å². The number of amides is 2. The van der Waals surface area contributed by atoms with E-state index in [1.165, 1.54) is 17.0 Å². The van der Waals surface area contributed by atoms with E-state index in [0.717, 1.165) is 22.6 Å². The zero-order chi connectivity index (χ0) is 24.0. The van der Waals surface area contributed by atoms with Crippen LogP contribution in [0.5, 0.6) is 0 Å². The minimum atomic E-state index is -0.829.